The number of benzene rings is 2. The fourth-order valence-electron chi connectivity index (χ4n) is 3.05. The van der Waals surface area contributed by atoms with Crippen LogP contribution >= 0.6 is 11.6 Å². The number of para-hydroxylation sites is 1. The number of nitrogens with zero attached hydrogens (tertiary/aromatic N) is 1. The van der Waals surface area contributed by atoms with E-state index in [1.807, 2.05) is 73.3 Å². The lowest BCUT2D eigenvalue weighted by Crippen LogP contribution is -2.26. The van der Waals surface area contributed by atoms with Gasteiger partial charge in [-0.2, -0.15) is 0 Å². The van der Waals surface area contributed by atoms with Crippen molar-refractivity contribution in [1.29, 1.82) is 0 Å². The molecule has 0 aliphatic carbocycles. The largest absolute Gasteiger partial charge is 0.277 e. The number of carbonyl (C=O) groups excluding carboxylic acids is 1. The molecule has 3 heteroatoms. The number of amides is 1. The molecule has 0 saturated heterocycles. The van der Waals surface area contributed by atoms with Crippen LogP contribution in [0.5, 0.6) is 0 Å². The molecule has 0 atom stereocenters. The van der Waals surface area contributed by atoms with Crippen LogP contribution in [0.3, 0.4) is 0 Å². The Morgan fingerprint density at radius 1 is 1.00 bits per heavy atom. The van der Waals surface area contributed by atoms with Crippen LogP contribution < -0.4 is 4.90 Å². The number of alkyl halides is 1. The van der Waals surface area contributed by atoms with Crippen LogP contribution in [0.1, 0.15) is 24.5 Å². The molecule has 1 aliphatic heterocycles. The molecule has 1 aliphatic rings. The number of allylic oxidation sites excluding steroid dienone is 1. The van der Waals surface area contributed by atoms with Gasteiger partial charge in [-0.15, -0.1) is 11.6 Å². The first-order valence-electron chi connectivity index (χ1n) is 8.06. The standard InChI is InChI=1S/C21H20ClNO/c1-15-8-6-7-11-19(15)23-20(14-17-9-4-3-5-10-17)16(2)18(12-13-22)21(23)24/h3-11,14H,12-13H2,1-2H3/b20-14-. The summed E-state index contributed by atoms with van der Waals surface area (Å²) in [4.78, 5) is 14.8. The van der Waals surface area contributed by atoms with E-state index < -0.39 is 0 Å². The fourth-order valence-corrected chi connectivity index (χ4v) is 3.24. The molecule has 0 N–H and O–H groups in total. The first kappa shape index (κ1) is 16.5. The molecule has 24 heavy (non-hydrogen) atoms. The molecule has 2 aromatic carbocycles. The Bertz CT molecular complexity index is 821. The van der Waals surface area contributed by atoms with Crippen molar-refractivity contribution in [2.24, 2.45) is 0 Å². The lowest BCUT2D eigenvalue weighted by Gasteiger charge is -2.22. The Hall–Kier alpha value is -2.32. The van der Waals surface area contributed by atoms with Gasteiger partial charge in [-0.3, -0.25) is 9.69 Å². The molecule has 0 aromatic heterocycles. The molecule has 2 nitrogen and oxygen atoms in total. The number of halogens is 1. The normalized spacial score (nSPS) is 16.4. The third kappa shape index (κ3) is 3.02. The van der Waals surface area contributed by atoms with Crippen LogP contribution in [0.2, 0.25) is 0 Å². The second-order valence-corrected chi connectivity index (χ2v) is 6.29. The topological polar surface area (TPSA) is 20.3 Å². The second-order valence-electron chi connectivity index (χ2n) is 5.91. The molecule has 1 amide bonds. The summed E-state index contributed by atoms with van der Waals surface area (Å²) in [5, 5.41) is 0. The zero-order valence-corrected chi connectivity index (χ0v) is 14.7. The van der Waals surface area contributed by atoms with Crippen molar-refractivity contribution >= 4 is 29.3 Å². The van der Waals surface area contributed by atoms with Crippen molar-refractivity contribution in [3.63, 3.8) is 0 Å². The Morgan fingerprint density at radius 3 is 2.33 bits per heavy atom. The van der Waals surface area contributed by atoms with Crippen molar-refractivity contribution in [2.75, 3.05) is 10.8 Å². The monoisotopic (exact) mass is 337 g/mol. The molecule has 0 saturated carbocycles. The molecule has 2 aromatic rings. The highest BCUT2D eigenvalue weighted by atomic mass is 35.5. The molecule has 3 rings (SSSR count). The molecule has 0 radical (unpaired) electrons. The quantitative estimate of drug-likeness (QED) is 0.691. The molecule has 122 valence electrons. The van der Waals surface area contributed by atoms with Crippen molar-refractivity contribution < 1.29 is 4.79 Å². The average molecular weight is 338 g/mol. The SMILES string of the molecule is CC1=C(CCCl)C(=O)N(c2ccccc2C)/C1=C\c1ccccc1. The Balaban J connectivity index is 2.14. The van der Waals surface area contributed by atoms with Gasteiger partial charge in [0.1, 0.15) is 0 Å². The van der Waals surface area contributed by atoms with Crippen LogP contribution in [0, 0.1) is 6.92 Å². The summed E-state index contributed by atoms with van der Waals surface area (Å²) in [5.74, 6) is 0.475. The third-order valence-corrected chi connectivity index (χ3v) is 4.53. The summed E-state index contributed by atoms with van der Waals surface area (Å²) in [7, 11) is 0. The zero-order valence-electron chi connectivity index (χ0n) is 13.9. The van der Waals surface area contributed by atoms with Crippen LogP contribution in [-0.4, -0.2) is 11.8 Å². The number of anilines is 1. The van der Waals surface area contributed by atoms with Crippen LogP contribution in [0.15, 0.2) is 71.4 Å². The lowest BCUT2D eigenvalue weighted by atomic mass is 10.1. The lowest BCUT2D eigenvalue weighted by molar-refractivity contribution is -0.114. The van der Waals surface area contributed by atoms with Gasteiger partial charge in [0.25, 0.3) is 5.91 Å². The van der Waals surface area contributed by atoms with Gasteiger partial charge < -0.3 is 0 Å². The predicted molar refractivity (Wildman–Crippen MR) is 101 cm³/mol. The Kier molecular flexibility index (Phi) is 4.86. The highest BCUT2D eigenvalue weighted by molar-refractivity contribution is 6.19. The number of aryl methyl sites for hydroxylation is 1. The summed E-state index contributed by atoms with van der Waals surface area (Å²) in [5.41, 5.74) is 5.81. The van der Waals surface area contributed by atoms with E-state index in [-0.39, 0.29) is 5.91 Å². The third-order valence-electron chi connectivity index (χ3n) is 4.34. The van der Waals surface area contributed by atoms with E-state index in [2.05, 4.69) is 6.08 Å². The van der Waals surface area contributed by atoms with Gasteiger partial charge in [0.2, 0.25) is 0 Å². The maximum absolute atomic E-state index is 13.0. The second kappa shape index (κ2) is 7.06. The Labute approximate surface area is 148 Å². The summed E-state index contributed by atoms with van der Waals surface area (Å²) >= 11 is 5.92. The average Bonchev–Trinajstić information content (AvgIpc) is 2.81. The van der Waals surface area contributed by atoms with Gasteiger partial charge in [0, 0.05) is 11.5 Å². The minimum Gasteiger partial charge on any atom is -0.277 e. The highest BCUT2D eigenvalue weighted by Gasteiger charge is 2.33. The van der Waals surface area contributed by atoms with E-state index in [1.165, 1.54) is 0 Å². The first-order chi connectivity index (χ1) is 11.6. The molecule has 0 spiro atoms. The number of carbonyl (C=O) groups is 1. The highest BCUT2D eigenvalue weighted by Crippen LogP contribution is 2.37. The number of hydrogen-bond donors (Lipinski definition) is 0. The summed E-state index contributed by atoms with van der Waals surface area (Å²) < 4.78 is 0. The Morgan fingerprint density at radius 2 is 1.67 bits per heavy atom. The zero-order chi connectivity index (χ0) is 17.1. The molecule has 1 heterocycles. The predicted octanol–water partition coefficient (Wildman–Crippen LogP) is 5.33. The number of hydrogen-bond acceptors (Lipinski definition) is 1. The molecule has 0 fully saturated rings. The summed E-state index contributed by atoms with van der Waals surface area (Å²) in [6.07, 6.45) is 2.65. The van der Waals surface area contributed by atoms with E-state index in [9.17, 15) is 4.79 Å². The maximum atomic E-state index is 13.0. The molecule has 0 unspecified atom stereocenters. The summed E-state index contributed by atoms with van der Waals surface area (Å²) in [6.45, 7) is 4.03. The van der Waals surface area contributed by atoms with Crippen LogP contribution in [-0.2, 0) is 4.79 Å². The van der Waals surface area contributed by atoms with Crippen LogP contribution in [0.25, 0.3) is 6.08 Å². The number of rotatable bonds is 4. The van der Waals surface area contributed by atoms with Crippen molar-refractivity contribution in [3.05, 3.63) is 82.6 Å². The smallest absolute Gasteiger partial charge is 0.259 e. The molecular formula is C21H20ClNO. The van der Waals surface area contributed by atoms with Gasteiger partial charge >= 0.3 is 0 Å². The van der Waals surface area contributed by atoms with E-state index in [4.69, 9.17) is 11.6 Å². The van der Waals surface area contributed by atoms with Gasteiger partial charge in [0.05, 0.1) is 11.4 Å². The van der Waals surface area contributed by atoms with Gasteiger partial charge in [-0.25, -0.2) is 0 Å². The van der Waals surface area contributed by atoms with E-state index in [0.717, 1.165) is 33.7 Å². The first-order valence-corrected chi connectivity index (χ1v) is 8.60. The van der Waals surface area contributed by atoms with Crippen molar-refractivity contribution in [1.82, 2.24) is 0 Å². The van der Waals surface area contributed by atoms with Gasteiger partial charge in [0.15, 0.2) is 0 Å². The van der Waals surface area contributed by atoms with E-state index >= 15 is 0 Å². The van der Waals surface area contributed by atoms with Gasteiger partial charge in [-0.1, -0.05) is 48.5 Å². The fraction of sp³-hybridized carbons (Fsp3) is 0.190. The van der Waals surface area contributed by atoms with E-state index in [0.29, 0.717) is 12.3 Å². The summed E-state index contributed by atoms with van der Waals surface area (Å²) in [6, 6.07) is 18.0. The van der Waals surface area contributed by atoms with Crippen LogP contribution in [0.4, 0.5) is 5.69 Å². The maximum Gasteiger partial charge on any atom is 0.259 e. The van der Waals surface area contributed by atoms with Crippen molar-refractivity contribution in [3.8, 4) is 0 Å². The molecule has 0 bridgehead atoms. The minimum absolute atomic E-state index is 0.0321. The van der Waals surface area contributed by atoms with Crippen molar-refractivity contribution in [2.45, 2.75) is 20.3 Å². The molecular weight excluding hydrogens is 318 g/mol. The minimum atomic E-state index is 0.0321. The van der Waals surface area contributed by atoms with E-state index in [1.54, 1.807) is 0 Å². The van der Waals surface area contributed by atoms with Gasteiger partial charge in [-0.05, 0) is 49.1 Å².